The number of halogens is 1. The molecule has 0 aromatic heterocycles. The van der Waals surface area contributed by atoms with Gasteiger partial charge in [0.2, 0.25) is 0 Å². The van der Waals surface area contributed by atoms with E-state index >= 15 is 0 Å². The van der Waals surface area contributed by atoms with E-state index in [9.17, 15) is 4.39 Å². The molecule has 13 heavy (non-hydrogen) atoms. The maximum Gasteiger partial charge on any atom is 0.141 e. The van der Waals surface area contributed by atoms with Crippen molar-refractivity contribution in [2.75, 3.05) is 0 Å². The van der Waals surface area contributed by atoms with Crippen molar-refractivity contribution in [3.63, 3.8) is 0 Å². The van der Waals surface area contributed by atoms with E-state index in [0.717, 1.165) is 0 Å². The van der Waals surface area contributed by atoms with Crippen LogP contribution in [0.5, 0.6) is 0 Å². The summed E-state index contributed by atoms with van der Waals surface area (Å²) in [5, 5.41) is 17.3. The van der Waals surface area contributed by atoms with Crippen LogP contribution in [-0.2, 0) is 0 Å². The fourth-order valence-electron chi connectivity index (χ4n) is 1.09. The van der Waals surface area contributed by atoms with E-state index in [1.165, 1.54) is 12.1 Å². The second kappa shape index (κ2) is 3.69. The fraction of sp³-hybridized carbons (Fsp3) is 0.200. The van der Waals surface area contributed by atoms with Gasteiger partial charge in [0.1, 0.15) is 11.9 Å². The molecule has 1 aromatic rings. The van der Waals surface area contributed by atoms with Gasteiger partial charge in [-0.25, -0.2) is 4.39 Å². The highest BCUT2D eigenvalue weighted by Gasteiger charge is 2.12. The van der Waals surface area contributed by atoms with Gasteiger partial charge in [0.25, 0.3) is 0 Å². The molecule has 0 saturated heterocycles. The highest BCUT2D eigenvalue weighted by molar-refractivity contribution is 5.42. The molecule has 2 nitrogen and oxygen atoms in total. The summed E-state index contributed by atoms with van der Waals surface area (Å²) in [7, 11) is 0. The number of nitrogens with zero attached hydrogens (tertiary/aromatic N) is 2. The van der Waals surface area contributed by atoms with E-state index in [-0.39, 0.29) is 5.56 Å². The highest BCUT2D eigenvalue weighted by atomic mass is 19.1. The Kier molecular flexibility index (Phi) is 2.62. The van der Waals surface area contributed by atoms with Crippen molar-refractivity contribution in [1.82, 2.24) is 0 Å². The minimum absolute atomic E-state index is 0.0310. The zero-order chi connectivity index (χ0) is 9.84. The van der Waals surface area contributed by atoms with Gasteiger partial charge in [-0.2, -0.15) is 10.5 Å². The molecule has 0 spiro atoms. The molecule has 0 N–H and O–H groups in total. The smallest absolute Gasteiger partial charge is 0.141 e. The second-order valence-electron chi connectivity index (χ2n) is 2.67. The molecule has 0 fully saturated rings. The Hall–Kier alpha value is -1.87. The molecule has 64 valence electrons. The number of hydrogen-bond acceptors (Lipinski definition) is 2. The van der Waals surface area contributed by atoms with E-state index in [2.05, 4.69) is 0 Å². The van der Waals surface area contributed by atoms with Crippen LogP contribution >= 0.6 is 0 Å². The van der Waals surface area contributed by atoms with Crippen LogP contribution in [0.25, 0.3) is 0 Å². The standard InChI is InChI=1S/C10H7FN2/c1-7(5-12)8-3-2-4-10(11)9(8)6-13/h2-4,7H,1H3. The molecular weight excluding hydrogens is 167 g/mol. The molecular formula is C10H7FN2. The first-order chi connectivity index (χ1) is 6.20. The quantitative estimate of drug-likeness (QED) is 0.655. The van der Waals surface area contributed by atoms with Crippen LogP contribution in [0.2, 0.25) is 0 Å². The van der Waals surface area contributed by atoms with Gasteiger partial charge in [-0.1, -0.05) is 12.1 Å². The Balaban J connectivity index is 3.32. The van der Waals surface area contributed by atoms with Crippen LogP contribution in [0, 0.1) is 28.5 Å². The number of nitriles is 2. The summed E-state index contributed by atoms with van der Waals surface area (Å²) in [6.07, 6.45) is 0. The van der Waals surface area contributed by atoms with Crippen molar-refractivity contribution in [1.29, 1.82) is 10.5 Å². The van der Waals surface area contributed by atoms with Crippen molar-refractivity contribution in [2.45, 2.75) is 12.8 Å². The molecule has 1 atom stereocenters. The lowest BCUT2D eigenvalue weighted by Gasteiger charge is -2.04. The third-order valence-corrected chi connectivity index (χ3v) is 1.82. The lowest BCUT2D eigenvalue weighted by molar-refractivity contribution is 0.620. The van der Waals surface area contributed by atoms with E-state index < -0.39 is 11.7 Å². The summed E-state index contributed by atoms with van der Waals surface area (Å²) < 4.78 is 13.0. The Morgan fingerprint density at radius 2 is 2.08 bits per heavy atom. The van der Waals surface area contributed by atoms with Crippen molar-refractivity contribution >= 4 is 0 Å². The van der Waals surface area contributed by atoms with Gasteiger partial charge in [0.05, 0.1) is 17.6 Å². The molecule has 1 unspecified atom stereocenters. The maximum atomic E-state index is 13.0. The van der Waals surface area contributed by atoms with Crippen LogP contribution in [0.1, 0.15) is 24.0 Å². The minimum atomic E-state index is -0.567. The molecule has 0 saturated carbocycles. The second-order valence-corrected chi connectivity index (χ2v) is 2.67. The number of benzene rings is 1. The summed E-state index contributed by atoms with van der Waals surface area (Å²) in [5.41, 5.74) is 0.418. The first-order valence-corrected chi connectivity index (χ1v) is 3.78. The molecule has 0 amide bonds. The van der Waals surface area contributed by atoms with Crippen LogP contribution in [0.15, 0.2) is 18.2 Å². The molecule has 3 heteroatoms. The predicted molar refractivity (Wildman–Crippen MR) is 45.1 cm³/mol. The Morgan fingerprint density at radius 3 is 2.62 bits per heavy atom. The Bertz CT molecular complexity index is 398. The molecule has 1 aromatic carbocycles. The summed E-state index contributed by atoms with van der Waals surface area (Å²) in [5.74, 6) is -1.02. The van der Waals surface area contributed by atoms with Gasteiger partial charge in [0.15, 0.2) is 0 Å². The zero-order valence-corrected chi connectivity index (χ0v) is 7.08. The van der Waals surface area contributed by atoms with Crippen LogP contribution < -0.4 is 0 Å². The number of hydrogen-bond donors (Lipinski definition) is 0. The van der Waals surface area contributed by atoms with Crippen LogP contribution in [-0.4, -0.2) is 0 Å². The zero-order valence-electron chi connectivity index (χ0n) is 7.08. The molecule has 0 aliphatic heterocycles. The normalized spacial score (nSPS) is 11.4. The average Bonchev–Trinajstić information content (AvgIpc) is 2.16. The molecule has 1 rings (SSSR count). The summed E-state index contributed by atoms with van der Waals surface area (Å²) >= 11 is 0. The van der Waals surface area contributed by atoms with E-state index in [0.29, 0.717) is 5.56 Å². The maximum absolute atomic E-state index is 13.0. The van der Waals surface area contributed by atoms with Gasteiger partial charge in [-0.15, -0.1) is 0 Å². The lowest BCUT2D eigenvalue weighted by atomic mass is 9.97. The molecule has 0 radical (unpaired) electrons. The third-order valence-electron chi connectivity index (χ3n) is 1.82. The van der Waals surface area contributed by atoms with Crippen LogP contribution in [0.3, 0.4) is 0 Å². The SMILES string of the molecule is CC(C#N)c1cccc(F)c1C#N. The summed E-state index contributed by atoms with van der Waals surface area (Å²) in [6, 6.07) is 8.02. The fourth-order valence-corrected chi connectivity index (χ4v) is 1.09. The van der Waals surface area contributed by atoms with Crippen molar-refractivity contribution in [2.24, 2.45) is 0 Å². The van der Waals surface area contributed by atoms with E-state index in [4.69, 9.17) is 10.5 Å². The highest BCUT2D eigenvalue weighted by Crippen LogP contribution is 2.20. The van der Waals surface area contributed by atoms with Crippen molar-refractivity contribution in [3.05, 3.63) is 35.1 Å². The van der Waals surface area contributed by atoms with E-state index in [1.54, 1.807) is 19.1 Å². The Morgan fingerprint density at radius 1 is 1.38 bits per heavy atom. The van der Waals surface area contributed by atoms with Gasteiger partial charge < -0.3 is 0 Å². The molecule has 0 heterocycles. The molecule has 0 aliphatic carbocycles. The van der Waals surface area contributed by atoms with Gasteiger partial charge in [-0.05, 0) is 18.6 Å². The number of rotatable bonds is 1. The monoisotopic (exact) mass is 174 g/mol. The topological polar surface area (TPSA) is 47.6 Å². The van der Waals surface area contributed by atoms with Crippen molar-refractivity contribution in [3.8, 4) is 12.1 Å². The predicted octanol–water partition coefficient (Wildman–Crippen LogP) is 2.32. The minimum Gasteiger partial charge on any atom is -0.206 e. The Labute approximate surface area is 75.8 Å². The first kappa shape index (κ1) is 9.22. The summed E-state index contributed by atoms with van der Waals surface area (Å²) in [4.78, 5) is 0. The van der Waals surface area contributed by atoms with Gasteiger partial charge in [0, 0.05) is 0 Å². The van der Waals surface area contributed by atoms with Gasteiger partial charge in [-0.3, -0.25) is 0 Å². The van der Waals surface area contributed by atoms with Gasteiger partial charge >= 0.3 is 0 Å². The average molecular weight is 174 g/mol. The lowest BCUT2D eigenvalue weighted by Crippen LogP contribution is -1.96. The first-order valence-electron chi connectivity index (χ1n) is 3.78. The summed E-state index contributed by atoms with van der Waals surface area (Å²) in [6.45, 7) is 1.63. The van der Waals surface area contributed by atoms with E-state index in [1.807, 2.05) is 6.07 Å². The molecule has 0 aliphatic rings. The largest absolute Gasteiger partial charge is 0.206 e. The van der Waals surface area contributed by atoms with Crippen LogP contribution in [0.4, 0.5) is 4.39 Å². The van der Waals surface area contributed by atoms with Crippen molar-refractivity contribution < 1.29 is 4.39 Å². The third kappa shape index (κ3) is 1.65. The molecule has 0 bridgehead atoms.